The van der Waals surface area contributed by atoms with E-state index in [2.05, 4.69) is 34.7 Å². The van der Waals surface area contributed by atoms with Gasteiger partial charge in [0, 0.05) is 6.54 Å². The molecule has 0 spiro atoms. The molecule has 0 aliphatic heterocycles. The van der Waals surface area contributed by atoms with Gasteiger partial charge in [-0.3, -0.25) is 4.79 Å². The molecule has 0 unspecified atom stereocenters. The Labute approximate surface area is 135 Å². The monoisotopic (exact) mass is 315 g/mol. The van der Waals surface area contributed by atoms with E-state index in [1.807, 2.05) is 24.3 Å². The third-order valence-electron chi connectivity index (χ3n) is 4.73. The first-order valence-electron chi connectivity index (χ1n) is 7.63. The van der Waals surface area contributed by atoms with Gasteiger partial charge in [0.05, 0.1) is 19.1 Å². The van der Waals surface area contributed by atoms with Crippen molar-refractivity contribution in [3.05, 3.63) is 36.2 Å². The standard InChI is InChI=1S/C16H21N5O2/c1-15(2)10-16(15,12-4-6-13(23-3)7-5-12)14(22)17-8-9-21-11-18-19-20-21/h4-7,11H,8-10H2,1-3H3,(H,17,22)/t16-/m1/s1. The van der Waals surface area contributed by atoms with E-state index in [0.29, 0.717) is 13.1 Å². The van der Waals surface area contributed by atoms with Crippen molar-refractivity contribution >= 4 is 5.91 Å². The van der Waals surface area contributed by atoms with E-state index >= 15 is 0 Å². The molecule has 1 atom stereocenters. The largest absolute Gasteiger partial charge is 0.497 e. The van der Waals surface area contributed by atoms with Gasteiger partial charge in [-0.25, -0.2) is 4.68 Å². The maximum atomic E-state index is 12.8. The van der Waals surface area contributed by atoms with E-state index in [-0.39, 0.29) is 11.3 Å². The van der Waals surface area contributed by atoms with Gasteiger partial charge in [-0.1, -0.05) is 26.0 Å². The third-order valence-corrected chi connectivity index (χ3v) is 4.73. The average molecular weight is 315 g/mol. The number of amides is 1. The number of hydrogen-bond donors (Lipinski definition) is 1. The number of tetrazole rings is 1. The summed E-state index contributed by atoms with van der Waals surface area (Å²) in [5.74, 6) is 0.849. The summed E-state index contributed by atoms with van der Waals surface area (Å²) in [7, 11) is 1.64. The number of benzene rings is 1. The summed E-state index contributed by atoms with van der Waals surface area (Å²) in [5.41, 5.74) is 0.503. The van der Waals surface area contributed by atoms with E-state index in [9.17, 15) is 4.79 Å². The summed E-state index contributed by atoms with van der Waals surface area (Å²) in [6.45, 7) is 5.30. The summed E-state index contributed by atoms with van der Waals surface area (Å²) in [4.78, 5) is 12.8. The van der Waals surface area contributed by atoms with Crippen LogP contribution in [0.4, 0.5) is 0 Å². The number of hydrogen-bond acceptors (Lipinski definition) is 5. The molecule has 1 fully saturated rings. The number of ether oxygens (including phenoxy) is 1. The highest BCUT2D eigenvalue weighted by Gasteiger charge is 2.66. The quantitative estimate of drug-likeness (QED) is 0.865. The molecule has 0 bridgehead atoms. The van der Waals surface area contributed by atoms with E-state index < -0.39 is 5.41 Å². The Kier molecular flexibility index (Phi) is 3.79. The van der Waals surface area contributed by atoms with Crippen LogP contribution in [-0.4, -0.2) is 39.8 Å². The molecule has 1 aliphatic carbocycles. The van der Waals surface area contributed by atoms with Crippen molar-refractivity contribution in [2.45, 2.75) is 32.2 Å². The van der Waals surface area contributed by atoms with Crippen molar-refractivity contribution in [1.82, 2.24) is 25.5 Å². The molecule has 7 heteroatoms. The third kappa shape index (κ3) is 2.67. The molecule has 2 aromatic rings. The van der Waals surface area contributed by atoms with Crippen molar-refractivity contribution in [2.24, 2.45) is 5.41 Å². The van der Waals surface area contributed by atoms with Crippen molar-refractivity contribution in [1.29, 1.82) is 0 Å². The van der Waals surface area contributed by atoms with Gasteiger partial charge < -0.3 is 10.1 Å². The van der Waals surface area contributed by atoms with Crippen LogP contribution < -0.4 is 10.1 Å². The van der Waals surface area contributed by atoms with Crippen LogP contribution in [-0.2, 0) is 16.8 Å². The lowest BCUT2D eigenvalue weighted by molar-refractivity contribution is -0.124. The molecular weight excluding hydrogens is 294 g/mol. The van der Waals surface area contributed by atoms with E-state index in [1.165, 1.54) is 6.33 Å². The highest BCUT2D eigenvalue weighted by Crippen LogP contribution is 2.64. The van der Waals surface area contributed by atoms with Crippen molar-refractivity contribution < 1.29 is 9.53 Å². The molecule has 1 aromatic carbocycles. The number of carbonyl (C=O) groups excluding carboxylic acids is 1. The number of aromatic nitrogens is 4. The summed E-state index contributed by atoms with van der Waals surface area (Å²) in [6, 6.07) is 7.77. The minimum Gasteiger partial charge on any atom is -0.497 e. The van der Waals surface area contributed by atoms with Gasteiger partial charge in [0.2, 0.25) is 5.91 Å². The fraction of sp³-hybridized carbons (Fsp3) is 0.500. The molecule has 122 valence electrons. The topological polar surface area (TPSA) is 81.9 Å². The molecule has 1 N–H and O–H groups in total. The minimum atomic E-state index is -0.472. The van der Waals surface area contributed by atoms with E-state index in [1.54, 1.807) is 11.8 Å². The molecule has 3 rings (SSSR count). The molecule has 7 nitrogen and oxygen atoms in total. The summed E-state index contributed by atoms with van der Waals surface area (Å²) < 4.78 is 6.79. The van der Waals surface area contributed by atoms with Crippen molar-refractivity contribution in [2.75, 3.05) is 13.7 Å². The number of rotatable bonds is 6. The van der Waals surface area contributed by atoms with Crippen molar-refractivity contribution in [3.8, 4) is 5.75 Å². The molecule has 1 aliphatic rings. The van der Waals surface area contributed by atoms with Crippen LogP contribution in [0.15, 0.2) is 30.6 Å². The van der Waals surface area contributed by atoms with Gasteiger partial charge in [0.1, 0.15) is 12.1 Å². The average Bonchev–Trinajstić information content (AvgIpc) is 2.89. The molecule has 0 radical (unpaired) electrons. The van der Waals surface area contributed by atoms with Gasteiger partial charge in [-0.2, -0.15) is 0 Å². The SMILES string of the molecule is COc1ccc([C@@]2(C(=O)NCCn3cnnn3)CC2(C)C)cc1. The first-order chi connectivity index (χ1) is 11.0. The van der Waals surface area contributed by atoms with Crippen molar-refractivity contribution in [3.63, 3.8) is 0 Å². The molecule has 1 amide bonds. The highest BCUT2D eigenvalue weighted by atomic mass is 16.5. The van der Waals surface area contributed by atoms with Crippen LogP contribution in [0.5, 0.6) is 5.75 Å². The van der Waals surface area contributed by atoms with Gasteiger partial charge >= 0.3 is 0 Å². The number of nitrogens with zero attached hydrogens (tertiary/aromatic N) is 4. The lowest BCUT2D eigenvalue weighted by atomic mass is 9.87. The van der Waals surface area contributed by atoms with Crippen LogP contribution in [0, 0.1) is 5.41 Å². The van der Waals surface area contributed by atoms with Crippen LogP contribution in [0.25, 0.3) is 0 Å². The molecule has 1 saturated carbocycles. The van der Waals surface area contributed by atoms with Gasteiger partial charge in [0.25, 0.3) is 0 Å². The lowest BCUT2D eigenvalue weighted by Gasteiger charge is -2.21. The van der Waals surface area contributed by atoms with E-state index in [0.717, 1.165) is 17.7 Å². The number of carbonyl (C=O) groups is 1. The first kappa shape index (κ1) is 15.5. The zero-order valence-electron chi connectivity index (χ0n) is 13.6. The van der Waals surface area contributed by atoms with Crippen LogP contribution in [0.2, 0.25) is 0 Å². The van der Waals surface area contributed by atoms with Crippen LogP contribution >= 0.6 is 0 Å². The molecular formula is C16H21N5O2. The Bertz CT molecular complexity index is 681. The summed E-state index contributed by atoms with van der Waals surface area (Å²) in [5, 5.41) is 14.0. The molecule has 1 aromatic heterocycles. The van der Waals surface area contributed by atoms with Gasteiger partial charge in [0.15, 0.2) is 0 Å². The predicted molar refractivity (Wildman–Crippen MR) is 83.9 cm³/mol. The predicted octanol–water partition coefficient (Wildman–Crippen LogP) is 1.17. The van der Waals surface area contributed by atoms with E-state index in [4.69, 9.17) is 4.74 Å². The molecule has 1 heterocycles. The zero-order chi connectivity index (χ0) is 16.5. The number of methoxy groups -OCH3 is 1. The second-order valence-corrected chi connectivity index (χ2v) is 6.52. The Morgan fingerprint density at radius 1 is 1.35 bits per heavy atom. The highest BCUT2D eigenvalue weighted by molar-refractivity contribution is 5.93. The van der Waals surface area contributed by atoms with Crippen LogP contribution in [0.3, 0.4) is 0 Å². The van der Waals surface area contributed by atoms with Gasteiger partial charge in [-0.15, -0.1) is 5.10 Å². The Hall–Kier alpha value is -2.44. The zero-order valence-corrected chi connectivity index (χ0v) is 13.6. The Balaban J connectivity index is 1.71. The fourth-order valence-corrected chi connectivity index (χ4v) is 3.22. The Morgan fingerprint density at radius 3 is 2.57 bits per heavy atom. The Morgan fingerprint density at radius 2 is 2.04 bits per heavy atom. The van der Waals surface area contributed by atoms with Crippen LogP contribution in [0.1, 0.15) is 25.8 Å². The fourth-order valence-electron chi connectivity index (χ4n) is 3.22. The smallest absolute Gasteiger partial charge is 0.231 e. The molecule has 0 saturated heterocycles. The lowest BCUT2D eigenvalue weighted by Crippen LogP contribution is -2.39. The van der Waals surface area contributed by atoms with Gasteiger partial charge in [-0.05, 0) is 40.0 Å². The molecule has 23 heavy (non-hydrogen) atoms. The number of nitrogens with one attached hydrogen (secondary N) is 1. The second-order valence-electron chi connectivity index (χ2n) is 6.52. The minimum absolute atomic E-state index is 0.0551. The summed E-state index contributed by atoms with van der Waals surface area (Å²) >= 11 is 0. The first-order valence-corrected chi connectivity index (χ1v) is 7.63. The maximum absolute atomic E-state index is 12.8. The summed E-state index contributed by atoms with van der Waals surface area (Å²) in [6.07, 6.45) is 2.37. The normalized spacial score (nSPS) is 21.7. The maximum Gasteiger partial charge on any atom is 0.231 e. The second kappa shape index (κ2) is 5.64.